The average molecular weight is 344 g/mol. The third-order valence-corrected chi connectivity index (χ3v) is 4.92. The van der Waals surface area contributed by atoms with Crippen LogP contribution in [0.15, 0.2) is 65.7 Å². The molecular formula is C20H20N6. The Bertz CT molecular complexity index is 973. The van der Waals surface area contributed by atoms with Crippen molar-refractivity contribution in [3.05, 3.63) is 77.6 Å². The van der Waals surface area contributed by atoms with Gasteiger partial charge < -0.3 is 10.6 Å². The molecule has 1 aliphatic carbocycles. The van der Waals surface area contributed by atoms with Gasteiger partial charge in [-0.1, -0.05) is 36.4 Å². The van der Waals surface area contributed by atoms with Crippen molar-refractivity contribution in [3.8, 4) is 0 Å². The third-order valence-electron chi connectivity index (χ3n) is 4.92. The summed E-state index contributed by atoms with van der Waals surface area (Å²) in [5.74, 6) is 1.19. The summed E-state index contributed by atoms with van der Waals surface area (Å²) in [6, 6.07) is 19.9. The number of nitrogens with one attached hydrogen (secondary N) is 3. The van der Waals surface area contributed by atoms with Gasteiger partial charge in [-0.3, -0.25) is 10.8 Å². The molecule has 5 rings (SSSR count). The van der Waals surface area contributed by atoms with Crippen molar-refractivity contribution in [2.45, 2.75) is 24.4 Å². The van der Waals surface area contributed by atoms with Gasteiger partial charge in [0.05, 0.1) is 0 Å². The highest BCUT2D eigenvalue weighted by Crippen LogP contribution is 2.41. The molecule has 1 fully saturated rings. The van der Waals surface area contributed by atoms with E-state index in [0.29, 0.717) is 11.9 Å². The minimum absolute atomic E-state index is 0.586. The van der Waals surface area contributed by atoms with E-state index in [-0.39, 0.29) is 0 Å². The van der Waals surface area contributed by atoms with Crippen molar-refractivity contribution in [3.63, 3.8) is 0 Å². The molecular weight excluding hydrogens is 324 g/mol. The first-order chi connectivity index (χ1) is 12.7. The number of H-pyrrole nitrogens is 1. The van der Waals surface area contributed by atoms with Gasteiger partial charge in [0.15, 0.2) is 5.66 Å². The zero-order chi connectivity index (χ0) is 17.6. The maximum atomic E-state index is 6.82. The molecule has 6 heteroatoms. The molecule has 1 unspecified atom stereocenters. The maximum absolute atomic E-state index is 6.82. The molecule has 0 spiro atoms. The molecule has 2 heterocycles. The number of hydrogen-bond acceptors (Lipinski definition) is 5. The number of para-hydroxylation sites is 2. The van der Waals surface area contributed by atoms with Gasteiger partial charge in [0.25, 0.3) is 0 Å². The molecule has 2 aliphatic rings. The summed E-state index contributed by atoms with van der Waals surface area (Å²) in [7, 11) is 0. The highest BCUT2D eigenvalue weighted by atomic mass is 15.3. The number of nitrogens with two attached hydrogens (primary N) is 1. The number of hydrogen-bond donors (Lipinski definition) is 4. The van der Waals surface area contributed by atoms with Crippen LogP contribution in [0.5, 0.6) is 0 Å². The standard InChI is InChI=1S/C20H20N6/c21-20(18-12-17(25-26-18)13-10-11-13)15-8-4-5-9-16(15)23-19(24-20)22-14-6-2-1-3-7-14/h1-9,12-13H,10-11,21H2,(H,25,26)(H2,22,23,24). The first-order valence-electron chi connectivity index (χ1n) is 8.85. The molecule has 5 N–H and O–H groups in total. The normalized spacial score (nSPS) is 21.5. The fraction of sp³-hybridized carbons (Fsp3) is 0.200. The van der Waals surface area contributed by atoms with Crippen LogP contribution in [0.4, 0.5) is 11.4 Å². The minimum Gasteiger partial charge on any atom is -0.326 e. The summed E-state index contributed by atoms with van der Waals surface area (Å²) in [4.78, 5) is 4.80. The van der Waals surface area contributed by atoms with Crippen LogP contribution in [0.2, 0.25) is 0 Å². The summed E-state index contributed by atoms with van der Waals surface area (Å²) in [6.45, 7) is 0. The highest BCUT2D eigenvalue weighted by molar-refractivity contribution is 6.05. The SMILES string of the molecule is NC1(c2cc(C3CC3)[nH]n2)N=C(Nc2ccccc2)Nc2ccccc21. The Morgan fingerprint density at radius 3 is 2.62 bits per heavy atom. The number of aliphatic imine (C=N–C) groups is 1. The second kappa shape index (κ2) is 5.71. The van der Waals surface area contributed by atoms with Crippen molar-refractivity contribution in [2.24, 2.45) is 10.7 Å². The Labute approximate surface area is 151 Å². The third kappa shape index (κ3) is 2.55. The maximum Gasteiger partial charge on any atom is 0.202 e. The van der Waals surface area contributed by atoms with E-state index in [9.17, 15) is 0 Å². The van der Waals surface area contributed by atoms with Gasteiger partial charge in [-0.05, 0) is 37.1 Å². The Kier molecular flexibility index (Phi) is 3.33. The molecule has 3 aromatic rings. The fourth-order valence-corrected chi connectivity index (χ4v) is 3.36. The van der Waals surface area contributed by atoms with Gasteiger partial charge in [-0.15, -0.1) is 0 Å². The molecule has 1 aromatic heterocycles. The number of fused-ring (bicyclic) bond motifs is 1. The zero-order valence-electron chi connectivity index (χ0n) is 14.2. The van der Waals surface area contributed by atoms with Crippen LogP contribution in [0, 0.1) is 0 Å². The Hall–Kier alpha value is -3.12. The van der Waals surface area contributed by atoms with E-state index in [1.165, 1.54) is 12.8 Å². The Balaban J connectivity index is 1.57. The molecule has 0 saturated heterocycles. The second-order valence-corrected chi connectivity index (χ2v) is 6.87. The first-order valence-corrected chi connectivity index (χ1v) is 8.85. The molecule has 0 amide bonds. The number of aromatic nitrogens is 2. The van der Waals surface area contributed by atoms with Crippen molar-refractivity contribution < 1.29 is 0 Å². The van der Waals surface area contributed by atoms with Gasteiger partial charge in [-0.2, -0.15) is 5.10 Å². The predicted octanol–water partition coefficient (Wildman–Crippen LogP) is 3.34. The predicted molar refractivity (Wildman–Crippen MR) is 103 cm³/mol. The number of aromatic amines is 1. The lowest BCUT2D eigenvalue weighted by Gasteiger charge is -2.32. The van der Waals surface area contributed by atoms with E-state index in [4.69, 9.17) is 10.7 Å². The molecule has 1 atom stereocenters. The van der Waals surface area contributed by atoms with E-state index in [0.717, 1.165) is 28.3 Å². The van der Waals surface area contributed by atoms with Crippen molar-refractivity contribution in [2.75, 3.05) is 10.6 Å². The van der Waals surface area contributed by atoms with E-state index < -0.39 is 5.66 Å². The molecule has 0 bridgehead atoms. The topological polar surface area (TPSA) is 91.1 Å². The van der Waals surface area contributed by atoms with Crippen molar-refractivity contribution in [1.29, 1.82) is 0 Å². The summed E-state index contributed by atoms with van der Waals surface area (Å²) in [5, 5.41) is 14.3. The van der Waals surface area contributed by atoms with Crippen molar-refractivity contribution in [1.82, 2.24) is 10.2 Å². The second-order valence-electron chi connectivity index (χ2n) is 6.87. The number of anilines is 2. The van der Waals surface area contributed by atoms with E-state index in [1.807, 2.05) is 54.6 Å². The lowest BCUT2D eigenvalue weighted by Crippen LogP contribution is -2.44. The summed E-state index contributed by atoms with van der Waals surface area (Å²) < 4.78 is 0. The number of rotatable bonds is 3. The monoisotopic (exact) mass is 344 g/mol. The fourth-order valence-electron chi connectivity index (χ4n) is 3.36. The Morgan fingerprint density at radius 2 is 1.81 bits per heavy atom. The van der Waals surface area contributed by atoms with Crippen LogP contribution in [-0.2, 0) is 5.66 Å². The smallest absolute Gasteiger partial charge is 0.202 e. The number of guanidine groups is 1. The van der Waals surface area contributed by atoms with Crippen LogP contribution in [0.25, 0.3) is 0 Å². The molecule has 26 heavy (non-hydrogen) atoms. The minimum atomic E-state index is -1.04. The average Bonchev–Trinajstić information content (AvgIpc) is 3.39. The molecule has 6 nitrogen and oxygen atoms in total. The molecule has 0 radical (unpaired) electrons. The van der Waals surface area contributed by atoms with Crippen LogP contribution in [0.1, 0.15) is 35.7 Å². The number of nitrogens with zero attached hydrogens (tertiary/aromatic N) is 2. The van der Waals surface area contributed by atoms with Crippen LogP contribution < -0.4 is 16.4 Å². The van der Waals surface area contributed by atoms with Gasteiger partial charge in [0, 0.05) is 28.6 Å². The van der Waals surface area contributed by atoms with E-state index >= 15 is 0 Å². The van der Waals surface area contributed by atoms with Crippen LogP contribution in [0.3, 0.4) is 0 Å². The Morgan fingerprint density at radius 1 is 1.04 bits per heavy atom. The van der Waals surface area contributed by atoms with Gasteiger partial charge in [0.1, 0.15) is 5.69 Å². The summed E-state index contributed by atoms with van der Waals surface area (Å²) in [5.41, 5.74) is 10.4. The van der Waals surface area contributed by atoms with Gasteiger partial charge in [0.2, 0.25) is 5.96 Å². The van der Waals surface area contributed by atoms with Crippen LogP contribution >= 0.6 is 0 Å². The lowest BCUT2D eigenvalue weighted by molar-refractivity contribution is 0.547. The zero-order valence-corrected chi connectivity index (χ0v) is 14.2. The van der Waals surface area contributed by atoms with Gasteiger partial charge >= 0.3 is 0 Å². The summed E-state index contributed by atoms with van der Waals surface area (Å²) in [6.07, 6.45) is 2.42. The first kappa shape index (κ1) is 15.2. The molecule has 2 aromatic carbocycles. The number of benzene rings is 2. The van der Waals surface area contributed by atoms with E-state index in [1.54, 1.807) is 0 Å². The lowest BCUT2D eigenvalue weighted by atomic mass is 9.94. The largest absolute Gasteiger partial charge is 0.326 e. The highest BCUT2D eigenvalue weighted by Gasteiger charge is 2.39. The van der Waals surface area contributed by atoms with Gasteiger partial charge in [-0.25, -0.2) is 4.99 Å². The molecule has 130 valence electrons. The van der Waals surface area contributed by atoms with E-state index in [2.05, 4.69) is 26.9 Å². The van der Waals surface area contributed by atoms with Crippen LogP contribution in [-0.4, -0.2) is 16.2 Å². The quantitative estimate of drug-likeness (QED) is 0.586. The molecule has 1 aliphatic heterocycles. The molecule has 1 saturated carbocycles. The van der Waals surface area contributed by atoms with Crippen molar-refractivity contribution >= 4 is 17.3 Å². The summed E-state index contributed by atoms with van der Waals surface area (Å²) >= 11 is 0.